The fraction of sp³-hybridized carbons (Fsp3) is 0.562. The van der Waals surface area contributed by atoms with Gasteiger partial charge in [-0.3, -0.25) is 4.79 Å². The molecule has 4 atom stereocenters. The van der Waals surface area contributed by atoms with Crippen LogP contribution in [-0.2, 0) is 4.79 Å². The molecule has 2 fully saturated rings. The summed E-state index contributed by atoms with van der Waals surface area (Å²) in [6.07, 6.45) is 5.18. The number of benzene rings is 1. The second-order valence-corrected chi connectivity index (χ2v) is 7.85. The highest BCUT2D eigenvalue weighted by molar-refractivity contribution is 8.00. The number of rotatable bonds is 4. The van der Waals surface area contributed by atoms with E-state index in [9.17, 15) is 4.79 Å². The van der Waals surface area contributed by atoms with Crippen molar-refractivity contribution in [1.29, 1.82) is 0 Å². The maximum atomic E-state index is 12.3. The number of nitrogens with one attached hydrogen (secondary N) is 1. The molecule has 0 heterocycles. The summed E-state index contributed by atoms with van der Waals surface area (Å²) in [6, 6.07) is 8.09. The van der Waals surface area contributed by atoms with E-state index in [2.05, 4.69) is 5.32 Å². The molecule has 2 aliphatic carbocycles. The van der Waals surface area contributed by atoms with Gasteiger partial charge in [0, 0.05) is 16.0 Å². The van der Waals surface area contributed by atoms with E-state index in [0.29, 0.717) is 6.04 Å². The Morgan fingerprint density at radius 2 is 2.05 bits per heavy atom. The molecule has 2 saturated carbocycles. The normalized spacial score (nSPS) is 29.4. The smallest absolute Gasteiger partial charge is 0.233 e. The first-order chi connectivity index (χ1) is 9.61. The SMILES string of the molecule is C[C@@H](Sc1ccc(Cl)cc1)C(=O)N[C@@H]1C[C@H]2CC[C@H]1C2. The van der Waals surface area contributed by atoms with E-state index in [0.717, 1.165) is 21.8 Å². The van der Waals surface area contributed by atoms with Crippen LogP contribution >= 0.6 is 23.4 Å². The minimum Gasteiger partial charge on any atom is -0.352 e. The average Bonchev–Trinajstić information content (AvgIpc) is 3.03. The number of carbonyl (C=O) groups excluding carboxylic acids is 1. The zero-order chi connectivity index (χ0) is 14.1. The lowest BCUT2D eigenvalue weighted by molar-refractivity contribution is -0.121. The van der Waals surface area contributed by atoms with E-state index in [1.165, 1.54) is 25.7 Å². The number of fused-ring (bicyclic) bond motifs is 2. The third-order valence-electron chi connectivity index (χ3n) is 4.56. The molecule has 1 N–H and O–H groups in total. The van der Waals surface area contributed by atoms with Crippen molar-refractivity contribution >= 4 is 29.3 Å². The van der Waals surface area contributed by atoms with Crippen LogP contribution in [0, 0.1) is 11.8 Å². The minimum absolute atomic E-state index is 0.0599. The Labute approximate surface area is 129 Å². The van der Waals surface area contributed by atoms with Gasteiger partial charge in [0.15, 0.2) is 0 Å². The predicted octanol–water partition coefficient (Wildman–Crippen LogP) is 4.13. The largest absolute Gasteiger partial charge is 0.352 e. The minimum atomic E-state index is -0.0599. The summed E-state index contributed by atoms with van der Waals surface area (Å²) in [4.78, 5) is 13.4. The van der Waals surface area contributed by atoms with Gasteiger partial charge < -0.3 is 5.32 Å². The highest BCUT2D eigenvalue weighted by Gasteiger charge is 2.40. The van der Waals surface area contributed by atoms with Crippen LogP contribution in [0.3, 0.4) is 0 Å². The molecule has 1 aromatic carbocycles. The number of hydrogen-bond donors (Lipinski definition) is 1. The van der Waals surface area contributed by atoms with Crippen molar-refractivity contribution < 1.29 is 4.79 Å². The van der Waals surface area contributed by atoms with Gasteiger partial charge in [0.25, 0.3) is 0 Å². The van der Waals surface area contributed by atoms with Gasteiger partial charge in [-0.1, -0.05) is 18.0 Å². The molecule has 2 bridgehead atoms. The zero-order valence-corrected chi connectivity index (χ0v) is 13.2. The van der Waals surface area contributed by atoms with Crippen LogP contribution in [0.25, 0.3) is 0 Å². The monoisotopic (exact) mass is 309 g/mol. The Bertz CT molecular complexity index is 490. The maximum Gasteiger partial charge on any atom is 0.233 e. The summed E-state index contributed by atoms with van der Waals surface area (Å²) in [7, 11) is 0. The first kappa shape index (κ1) is 14.3. The van der Waals surface area contributed by atoms with Gasteiger partial charge in [0.2, 0.25) is 5.91 Å². The number of halogens is 1. The van der Waals surface area contributed by atoms with Gasteiger partial charge in [0.1, 0.15) is 0 Å². The fourth-order valence-corrected chi connectivity index (χ4v) is 4.49. The van der Waals surface area contributed by atoms with E-state index in [4.69, 9.17) is 11.6 Å². The summed E-state index contributed by atoms with van der Waals surface area (Å²) < 4.78 is 0. The third kappa shape index (κ3) is 3.15. The number of thioether (sulfide) groups is 1. The van der Waals surface area contributed by atoms with Crippen LogP contribution in [0.4, 0.5) is 0 Å². The summed E-state index contributed by atoms with van der Waals surface area (Å²) in [6.45, 7) is 1.97. The van der Waals surface area contributed by atoms with Gasteiger partial charge in [-0.2, -0.15) is 0 Å². The van der Waals surface area contributed by atoms with Crippen LogP contribution in [0.1, 0.15) is 32.6 Å². The number of carbonyl (C=O) groups is 1. The van der Waals surface area contributed by atoms with E-state index in [1.807, 2.05) is 31.2 Å². The second kappa shape index (κ2) is 5.98. The van der Waals surface area contributed by atoms with Gasteiger partial charge in [-0.05, 0) is 62.3 Å². The van der Waals surface area contributed by atoms with Gasteiger partial charge in [-0.15, -0.1) is 11.8 Å². The number of hydrogen-bond acceptors (Lipinski definition) is 2. The van der Waals surface area contributed by atoms with Crippen LogP contribution in [0.2, 0.25) is 5.02 Å². The Balaban J connectivity index is 1.53. The van der Waals surface area contributed by atoms with E-state index >= 15 is 0 Å². The molecule has 0 radical (unpaired) electrons. The van der Waals surface area contributed by atoms with Crippen molar-refractivity contribution in [1.82, 2.24) is 5.32 Å². The quantitative estimate of drug-likeness (QED) is 0.847. The molecule has 2 aliphatic rings. The summed E-state index contributed by atoms with van der Waals surface area (Å²) >= 11 is 7.46. The molecule has 0 unspecified atom stereocenters. The van der Waals surface area contributed by atoms with Crippen molar-refractivity contribution in [3.63, 3.8) is 0 Å². The molecule has 108 valence electrons. The van der Waals surface area contributed by atoms with E-state index in [-0.39, 0.29) is 11.2 Å². The summed E-state index contributed by atoms with van der Waals surface area (Å²) in [5.41, 5.74) is 0. The lowest BCUT2D eigenvalue weighted by atomic mass is 9.95. The van der Waals surface area contributed by atoms with Gasteiger partial charge >= 0.3 is 0 Å². The standard InChI is InChI=1S/C16H20ClNOS/c1-10(20-14-6-4-13(17)5-7-14)16(19)18-15-9-11-2-3-12(15)8-11/h4-7,10-12,15H,2-3,8-9H2,1H3,(H,18,19)/t10-,11+,12+,15-/m1/s1. The van der Waals surface area contributed by atoms with Crippen LogP contribution in [-0.4, -0.2) is 17.2 Å². The van der Waals surface area contributed by atoms with Crippen LogP contribution < -0.4 is 5.32 Å². The molecule has 1 aromatic rings. The van der Waals surface area contributed by atoms with Crippen molar-refractivity contribution in [3.05, 3.63) is 29.3 Å². The molecule has 0 saturated heterocycles. The van der Waals surface area contributed by atoms with Crippen molar-refractivity contribution in [2.24, 2.45) is 11.8 Å². The fourth-order valence-electron chi connectivity index (χ4n) is 3.49. The second-order valence-electron chi connectivity index (χ2n) is 6.00. The average molecular weight is 310 g/mol. The lowest BCUT2D eigenvalue weighted by Gasteiger charge is -2.24. The van der Waals surface area contributed by atoms with Crippen LogP contribution in [0.15, 0.2) is 29.2 Å². The molecule has 0 spiro atoms. The van der Waals surface area contributed by atoms with Gasteiger partial charge in [-0.25, -0.2) is 0 Å². The topological polar surface area (TPSA) is 29.1 Å². The summed E-state index contributed by atoms with van der Waals surface area (Å²) in [5.74, 6) is 1.77. The highest BCUT2D eigenvalue weighted by Crippen LogP contribution is 2.44. The molecule has 0 aliphatic heterocycles. The molecule has 1 amide bonds. The molecule has 3 rings (SSSR count). The molecular weight excluding hydrogens is 290 g/mol. The first-order valence-corrected chi connectivity index (χ1v) is 8.60. The van der Waals surface area contributed by atoms with Crippen molar-refractivity contribution in [2.75, 3.05) is 0 Å². The first-order valence-electron chi connectivity index (χ1n) is 7.34. The molecule has 0 aromatic heterocycles. The van der Waals surface area contributed by atoms with E-state index in [1.54, 1.807) is 11.8 Å². The Kier molecular flexibility index (Phi) is 4.27. The highest BCUT2D eigenvalue weighted by atomic mass is 35.5. The van der Waals surface area contributed by atoms with Crippen LogP contribution in [0.5, 0.6) is 0 Å². The molecular formula is C16H20ClNOS. The van der Waals surface area contributed by atoms with Gasteiger partial charge in [0.05, 0.1) is 5.25 Å². The Hall–Kier alpha value is -0.670. The Morgan fingerprint density at radius 1 is 1.30 bits per heavy atom. The predicted molar refractivity (Wildman–Crippen MR) is 84.1 cm³/mol. The Morgan fingerprint density at radius 3 is 2.65 bits per heavy atom. The maximum absolute atomic E-state index is 12.3. The molecule has 20 heavy (non-hydrogen) atoms. The van der Waals surface area contributed by atoms with E-state index < -0.39 is 0 Å². The number of amides is 1. The molecule has 2 nitrogen and oxygen atoms in total. The lowest BCUT2D eigenvalue weighted by Crippen LogP contribution is -2.42. The third-order valence-corrected chi connectivity index (χ3v) is 5.93. The van der Waals surface area contributed by atoms with Crippen molar-refractivity contribution in [2.45, 2.75) is 48.8 Å². The summed E-state index contributed by atoms with van der Waals surface area (Å²) in [5, 5.41) is 3.93. The molecule has 4 heteroatoms. The zero-order valence-electron chi connectivity index (χ0n) is 11.6. The van der Waals surface area contributed by atoms with Crippen molar-refractivity contribution in [3.8, 4) is 0 Å².